The molecule has 12 heteroatoms. The van der Waals surface area contributed by atoms with E-state index in [9.17, 15) is 45.8 Å². The molecular formula is C34H28F6N2O4. The summed E-state index contributed by atoms with van der Waals surface area (Å²) in [5, 5.41) is 14.4. The summed E-state index contributed by atoms with van der Waals surface area (Å²) < 4.78 is 86.4. The predicted molar refractivity (Wildman–Crippen MR) is 159 cm³/mol. The van der Waals surface area contributed by atoms with Gasteiger partial charge in [0.25, 0.3) is 11.8 Å². The molecule has 6 nitrogen and oxygen atoms in total. The number of carbonyl (C=O) groups is 3. The second kappa shape index (κ2) is 12.7. The number of hydrogen-bond acceptors (Lipinski definition) is 3. The number of carboxylic acid groups (broad SMARTS) is 1. The third kappa shape index (κ3) is 6.75. The molecule has 0 fully saturated rings. The minimum atomic E-state index is -4.96. The number of alkyl halides is 6. The Kier molecular flexibility index (Phi) is 9.32. The number of carbonyl (C=O) groups excluding carboxylic acids is 2. The molecule has 240 valence electrons. The van der Waals surface area contributed by atoms with Crippen molar-refractivity contribution in [2.45, 2.75) is 37.5 Å². The summed E-state index contributed by atoms with van der Waals surface area (Å²) in [4.78, 5) is 37.4. The first-order valence-corrected chi connectivity index (χ1v) is 13.8. The number of rotatable bonds is 8. The van der Waals surface area contributed by atoms with Gasteiger partial charge in [0, 0.05) is 18.3 Å². The third-order valence-electron chi connectivity index (χ3n) is 7.81. The molecule has 0 radical (unpaired) electrons. The van der Waals surface area contributed by atoms with Crippen molar-refractivity contribution in [2.24, 2.45) is 0 Å². The maximum absolute atomic E-state index is 14.8. The van der Waals surface area contributed by atoms with E-state index in [-0.39, 0.29) is 27.9 Å². The molecule has 0 aromatic heterocycles. The van der Waals surface area contributed by atoms with Crippen LogP contribution in [-0.4, -0.2) is 42.3 Å². The number of aromatic carboxylic acids is 1. The summed E-state index contributed by atoms with van der Waals surface area (Å²) in [6.07, 6.45) is -9.60. The molecule has 2 atom stereocenters. The SMILES string of the molecule is CNC(=O)c1cccc(C(C)(c2ccc(C(=O)O)c(C(=O)Nc3ccc(C(c4ccc(C)cc4)C(F)(F)F)cc3)c2)C(F)(F)F)c1. The third-order valence-corrected chi connectivity index (χ3v) is 7.81. The molecule has 4 aromatic rings. The van der Waals surface area contributed by atoms with E-state index in [4.69, 9.17) is 0 Å². The number of anilines is 1. The molecule has 0 saturated carbocycles. The quantitative estimate of drug-likeness (QED) is 0.171. The predicted octanol–water partition coefficient (Wildman–Crippen LogP) is 7.87. The maximum atomic E-state index is 14.8. The Morgan fingerprint density at radius 3 is 1.80 bits per heavy atom. The molecule has 2 amide bonds. The van der Waals surface area contributed by atoms with Gasteiger partial charge in [-0.2, -0.15) is 26.3 Å². The largest absolute Gasteiger partial charge is 0.478 e. The Morgan fingerprint density at radius 1 is 0.717 bits per heavy atom. The van der Waals surface area contributed by atoms with E-state index < -0.39 is 58.2 Å². The van der Waals surface area contributed by atoms with Crippen molar-refractivity contribution in [1.29, 1.82) is 0 Å². The highest BCUT2D eigenvalue weighted by Gasteiger charge is 2.54. The van der Waals surface area contributed by atoms with E-state index in [1.54, 1.807) is 19.1 Å². The molecule has 4 rings (SSSR count). The van der Waals surface area contributed by atoms with E-state index in [1.807, 2.05) is 0 Å². The van der Waals surface area contributed by atoms with Gasteiger partial charge in [-0.1, -0.05) is 60.2 Å². The van der Waals surface area contributed by atoms with Crippen molar-refractivity contribution in [3.8, 4) is 0 Å². The molecule has 0 aliphatic heterocycles. The van der Waals surface area contributed by atoms with Crippen LogP contribution in [0.3, 0.4) is 0 Å². The zero-order valence-corrected chi connectivity index (χ0v) is 24.7. The zero-order valence-electron chi connectivity index (χ0n) is 24.7. The lowest BCUT2D eigenvalue weighted by atomic mass is 9.74. The van der Waals surface area contributed by atoms with Crippen LogP contribution in [-0.2, 0) is 5.41 Å². The summed E-state index contributed by atoms with van der Waals surface area (Å²) in [7, 11) is 1.32. The van der Waals surface area contributed by atoms with Crippen molar-refractivity contribution in [1.82, 2.24) is 5.32 Å². The standard InChI is InChI=1S/C34H28F6N2O4/c1-19-7-9-20(10-8-19)28(33(35,36)37)21-11-14-25(15-12-21)42-30(44)27-18-24(13-16-26(27)31(45)46)32(2,34(38,39)40)23-6-4-5-22(17-23)29(43)41-3/h4-18,28H,1-3H3,(H,41,43)(H,42,44)(H,45,46). The first-order chi connectivity index (χ1) is 21.5. The van der Waals surface area contributed by atoms with Gasteiger partial charge in [0.15, 0.2) is 0 Å². The molecule has 0 spiro atoms. The summed E-state index contributed by atoms with van der Waals surface area (Å²) in [6, 6.07) is 18.0. The molecule has 0 saturated heterocycles. The molecule has 46 heavy (non-hydrogen) atoms. The fourth-order valence-electron chi connectivity index (χ4n) is 5.13. The van der Waals surface area contributed by atoms with E-state index in [0.29, 0.717) is 0 Å². The van der Waals surface area contributed by atoms with Crippen LogP contribution >= 0.6 is 0 Å². The first-order valence-electron chi connectivity index (χ1n) is 13.8. The van der Waals surface area contributed by atoms with E-state index in [2.05, 4.69) is 10.6 Å². The number of nitrogens with one attached hydrogen (secondary N) is 2. The lowest BCUT2D eigenvalue weighted by molar-refractivity contribution is -0.173. The molecule has 3 N–H and O–H groups in total. The van der Waals surface area contributed by atoms with Gasteiger partial charge in [0.05, 0.1) is 11.1 Å². The van der Waals surface area contributed by atoms with Crippen LogP contribution in [0.4, 0.5) is 32.0 Å². The monoisotopic (exact) mass is 642 g/mol. The topological polar surface area (TPSA) is 95.5 Å². The fraction of sp³-hybridized carbons (Fsp3) is 0.206. The Hall–Kier alpha value is -5.13. The molecule has 4 aromatic carbocycles. The Balaban J connectivity index is 1.73. The number of aryl methyl sites for hydroxylation is 1. The van der Waals surface area contributed by atoms with Crippen molar-refractivity contribution in [3.05, 3.63) is 136 Å². The van der Waals surface area contributed by atoms with Gasteiger partial charge in [-0.25, -0.2) is 4.79 Å². The molecule has 0 heterocycles. The fourth-order valence-corrected chi connectivity index (χ4v) is 5.13. The van der Waals surface area contributed by atoms with Crippen molar-refractivity contribution in [2.75, 3.05) is 12.4 Å². The highest BCUT2D eigenvalue weighted by atomic mass is 19.4. The van der Waals surface area contributed by atoms with Gasteiger partial charge in [0.1, 0.15) is 11.3 Å². The molecule has 0 bridgehead atoms. The maximum Gasteiger partial charge on any atom is 0.402 e. The number of carboxylic acids is 1. The number of halogens is 6. The van der Waals surface area contributed by atoms with Gasteiger partial charge >= 0.3 is 18.3 Å². The molecule has 2 unspecified atom stereocenters. The Labute approximate surface area is 260 Å². The van der Waals surface area contributed by atoms with E-state index in [0.717, 1.165) is 55.0 Å². The van der Waals surface area contributed by atoms with Gasteiger partial charge in [-0.3, -0.25) is 9.59 Å². The average Bonchev–Trinajstić information content (AvgIpc) is 3.00. The number of benzene rings is 4. The van der Waals surface area contributed by atoms with Crippen LogP contribution < -0.4 is 10.6 Å². The van der Waals surface area contributed by atoms with Crippen LogP contribution in [0.15, 0.2) is 91.0 Å². The van der Waals surface area contributed by atoms with Crippen LogP contribution in [0.5, 0.6) is 0 Å². The zero-order chi connectivity index (χ0) is 34.0. The van der Waals surface area contributed by atoms with Gasteiger partial charge in [-0.15, -0.1) is 0 Å². The smallest absolute Gasteiger partial charge is 0.402 e. The van der Waals surface area contributed by atoms with Crippen molar-refractivity contribution < 1.29 is 45.8 Å². The Bertz CT molecular complexity index is 1770. The van der Waals surface area contributed by atoms with Crippen molar-refractivity contribution >= 4 is 23.5 Å². The normalized spacial score (nSPS) is 13.8. The van der Waals surface area contributed by atoms with Gasteiger partial charge < -0.3 is 15.7 Å². The summed E-state index contributed by atoms with van der Waals surface area (Å²) in [5.74, 6) is -5.27. The lowest BCUT2D eigenvalue weighted by Crippen LogP contribution is -2.41. The van der Waals surface area contributed by atoms with Crippen LogP contribution in [0.25, 0.3) is 0 Å². The molecule has 0 aliphatic rings. The number of amides is 2. The van der Waals surface area contributed by atoms with E-state index >= 15 is 0 Å². The number of hydrogen-bond donors (Lipinski definition) is 3. The highest BCUT2D eigenvalue weighted by molar-refractivity contribution is 6.11. The minimum absolute atomic E-state index is 0.00590. The average molecular weight is 643 g/mol. The first kappa shape index (κ1) is 33.8. The molecular weight excluding hydrogens is 614 g/mol. The Morgan fingerprint density at radius 2 is 1.28 bits per heavy atom. The van der Waals surface area contributed by atoms with Crippen LogP contribution in [0.2, 0.25) is 0 Å². The van der Waals surface area contributed by atoms with Crippen LogP contribution in [0, 0.1) is 6.92 Å². The van der Waals surface area contributed by atoms with Crippen molar-refractivity contribution in [3.63, 3.8) is 0 Å². The summed E-state index contributed by atoms with van der Waals surface area (Å²) >= 11 is 0. The van der Waals surface area contributed by atoms with E-state index in [1.165, 1.54) is 43.4 Å². The van der Waals surface area contributed by atoms with Crippen LogP contribution in [0.1, 0.15) is 71.7 Å². The van der Waals surface area contributed by atoms with Gasteiger partial charge in [-0.05, 0) is 72.5 Å². The summed E-state index contributed by atoms with van der Waals surface area (Å²) in [6.45, 7) is 2.58. The lowest BCUT2D eigenvalue weighted by Gasteiger charge is -2.34. The van der Waals surface area contributed by atoms with Gasteiger partial charge in [0.2, 0.25) is 0 Å². The second-order valence-corrected chi connectivity index (χ2v) is 10.8. The second-order valence-electron chi connectivity index (χ2n) is 10.8. The highest BCUT2D eigenvalue weighted by Crippen LogP contribution is 2.47. The molecule has 0 aliphatic carbocycles. The minimum Gasteiger partial charge on any atom is -0.478 e. The summed E-state index contributed by atoms with van der Waals surface area (Å²) in [5.41, 5.74) is -4.21.